The van der Waals surface area contributed by atoms with Crippen molar-refractivity contribution >= 4 is 23.7 Å². The Balaban J connectivity index is 3.31. The third-order valence-corrected chi connectivity index (χ3v) is 2.62. The number of carbonyl (C=O) groups is 3. The zero-order valence-corrected chi connectivity index (χ0v) is 12.6. The fourth-order valence-corrected chi connectivity index (χ4v) is 1.69. The Labute approximate surface area is 122 Å². The van der Waals surface area contributed by atoms with Crippen LogP contribution in [-0.2, 0) is 14.3 Å². The Morgan fingerprint density at radius 3 is 2.00 bits per heavy atom. The van der Waals surface area contributed by atoms with Crippen molar-refractivity contribution < 1.29 is 28.3 Å². The first-order valence-electron chi connectivity index (χ1n) is 6.73. The zero-order chi connectivity index (χ0) is 16.0. The van der Waals surface area contributed by atoms with E-state index in [-0.39, 0.29) is 48.3 Å². The molecule has 0 bridgehead atoms. The predicted octanol–water partition coefficient (Wildman–Crippen LogP) is 2.29. The van der Waals surface area contributed by atoms with Gasteiger partial charge in [-0.05, 0) is 20.8 Å². The summed E-state index contributed by atoms with van der Waals surface area (Å²) in [4.78, 5) is 35.5. The van der Waals surface area contributed by atoms with Crippen LogP contribution in [0.2, 0.25) is 0 Å². The number of hydrogen-bond donors (Lipinski definition) is 1. The van der Waals surface area contributed by atoms with Crippen LogP contribution in [0.4, 0.5) is 5.88 Å². The summed E-state index contributed by atoms with van der Waals surface area (Å²) in [5.74, 6) is -1.70. The fraction of sp³-hybridized carbons (Fsp3) is 0.500. The average Bonchev–Trinajstić information content (AvgIpc) is 2.75. The van der Waals surface area contributed by atoms with Gasteiger partial charge < -0.3 is 13.9 Å². The van der Waals surface area contributed by atoms with E-state index >= 15 is 0 Å². The topological polar surface area (TPSA) is 94.8 Å². The Kier molecular flexibility index (Phi) is 5.95. The number of furan rings is 1. The second kappa shape index (κ2) is 7.47. The lowest BCUT2D eigenvalue weighted by Crippen LogP contribution is -2.16. The van der Waals surface area contributed by atoms with Crippen molar-refractivity contribution in [3.8, 4) is 0 Å². The SMILES string of the molecule is CCOC(=O)c1c(C)oc(NC(=O)CC)c1C(=O)OCC. The minimum atomic E-state index is -0.746. The molecule has 0 atom stereocenters. The van der Waals surface area contributed by atoms with E-state index in [1.165, 1.54) is 6.92 Å². The molecular weight excluding hydrogens is 278 g/mol. The number of nitrogens with one attached hydrogen (secondary N) is 1. The molecule has 0 saturated heterocycles. The zero-order valence-electron chi connectivity index (χ0n) is 12.6. The standard InChI is InChI=1S/C14H19NO6/c1-5-9(16)15-12-11(14(18)20-7-3)10(8(4)21-12)13(17)19-6-2/h5-7H2,1-4H3,(H,15,16). The highest BCUT2D eigenvalue weighted by Gasteiger charge is 2.31. The van der Waals surface area contributed by atoms with Crippen LogP contribution in [0.15, 0.2) is 4.42 Å². The summed E-state index contributed by atoms with van der Waals surface area (Å²) in [5, 5.41) is 2.44. The van der Waals surface area contributed by atoms with Crippen LogP contribution in [-0.4, -0.2) is 31.1 Å². The van der Waals surface area contributed by atoms with E-state index in [1.807, 2.05) is 0 Å². The van der Waals surface area contributed by atoms with Crippen LogP contribution in [0.1, 0.15) is 53.7 Å². The Bertz CT molecular complexity index is 546. The summed E-state index contributed by atoms with van der Waals surface area (Å²) >= 11 is 0. The Hall–Kier alpha value is -2.31. The Morgan fingerprint density at radius 1 is 1.00 bits per heavy atom. The smallest absolute Gasteiger partial charge is 0.344 e. The van der Waals surface area contributed by atoms with Gasteiger partial charge in [0, 0.05) is 6.42 Å². The lowest BCUT2D eigenvalue weighted by atomic mass is 10.1. The number of anilines is 1. The fourth-order valence-electron chi connectivity index (χ4n) is 1.69. The molecule has 0 saturated carbocycles. The van der Waals surface area contributed by atoms with Crippen molar-refractivity contribution in [2.75, 3.05) is 18.5 Å². The van der Waals surface area contributed by atoms with Crippen LogP contribution in [0.5, 0.6) is 0 Å². The van der Waals surface area contributed by atoms with Crippen molar-refractivity contribution in [2.24, 2.45) is 0 Å². The van der Waals surface area contributed by atoms with Crippen LogP contribution < -0.4 is 5.32 Å². The summed E-state index contributed by atoms with van der Waals surface area (Å²) < 4.78 is 15.1. The van der Waals surface area contributed by atoms with Gasteiger partial charge in [0.25, 0.3) is 0 Å². The summed E-state index contributed by atoms with van der Waals surface area (Å²) in [6, 6.07) is 0. The molecule has 116 valence electrons. The maximum absolute atomic E-state index is 12.0. The first-order chi connectivity index (χ1) is 9.96. The van der Waals surface area contributed by atoms with Gasteiger partial charge in [0.05, 0.1) is 13.2 Å². The summed E-state index contributed by atoms with van der Waals surface area (Å²) in [6.45, 7) is 6.74. The minimum absolute atomic E-state index is 0.0262. The average molecular weight is 297 g/mol. The Morgan fingerprint density at radius 2 is 1.52 bits per heavy atom. The van der Waals surface area contributed by atoms with E-state index in [0.717, 1.165) is 0 Å². The molecule has 0 aliphatic rings. The van der Waals surface area contributed by atoms with Crippen molar-refractivity contribution in [3.63, 3.8) is 0 Å². The van der Waals surface area contributed by atoms with Crippen LogP contribution in [0, 0.1) is 6.92 Å². The first kappa shape index (κ1) is 16.7. The van der Waals surface area contributed by atoms with Gasteiger partial charge in [-0.25, -0.2) is 9.59 Å². The molecule has 1 aromatic rings. The molecule has 0 aliphatic heterocycles. The number of hydrogen-bond acceptors (Lipinski definition) is 6. The second-order valence-corrected chi connectivity index (χ2v) is 4.08. The van der Waals surface area contributed by atoms with Gasteiger partial charge in [-0.3, -0.25) is 10.1 Å². The normalized spacial score (nSPS) is 10.1. The quantitative estimate of drug-likeness (QED) is 0.809. The molecule has 0 fully saturated rings. The molecular formula is C14H19NO6. The largest absolute Gasteiger partial charge is 0.462 e. The highest BCUT2D eigenvalue weighted by atomic mass is 16.5. The molecule has 0 aromatic carbocycles. The monoisotopic (exact) mass is 297 g/mol. The molecule has 0 spiro atoms. The number of amides is 1. The number of ether oxygens (including phenoxy) is 2. The maximum Gasteiger partial charge on any atom is 0.344 e. The number of carbonyl (C=O) groups excluding carboxylic acids is 3. The van der Waals surface area contributed by atoms with E-state index in [1.54, 1.807) is 20.8 Å². The van der Waals surface area contributed by atoms with Gasteiger partial charge >= 0.3 is 11.9 Å². The minimum Gasteiger partial charge on any atom is -0.462 e. The van der Waals surface area contributed by atoms with Crippen molar-refractivity contribution in [2.45, 2.75) is 34.1 Å². The number of aryl methyl sites for hydroxylation is 1. The van der Waals surface area contributed by atoms with Gasteiger partial charge in [0.2, 0.25) is 11.8 Å². The van der Waals surface area contributed by atoms with Crippen LogP contribution >= 0.6 is 0 Å². The van der Waals surface area contributed by atoms with Gasteiger partial charge in [-0.2, -0.15) is 0 Å². The molecule has 0 unspecified atom stereocenters. The van der Waals surface area contributed by atoms with Crippen molar-refractivity contribution in [1.82, 2.24) is 0 Å². The van der Waals surface area contributed by atoms with Gasteiger partial charge in [0.15, 0.2) is 0 Å². The summed E-state index contributed by atoms with van der Waals surface area (Å²) in [5.41, 5.74) is -0.142. The van der Waals surface area contributed by atoms with Gasteiger partial charge in [-0.1, -0.05) is 6.92 Å². The van der Waals surface area contributed by atoms with Crippen LogP contribution in [0.25, 0.3) is 0 Å². The molecule has 0 radical (unpaired) electrons. The molecule has 1 amide bonds. The maximum atomic E-state index is 12.0. The second-order valence-electron chi connectivity index (χ2n) is 4.08. The molecule has 21 heavy (non-hydrogen) atoms. The molecule has 0 aliphatic carbocycles. The third kappa shape index (κ3) is 3.84. The number of esters is 2. The lowest BCUT2D eigenvalue weighted by Gasteiger charge is -2.06. The molecule has 1 N–H and O–H groups in total. The van der Waals surface area contributed by atoms with Gasteiger partial charge in [0.1, 0.15) is 16.9 Å². The van der Waals surface area contributed by atoms with E-state index in [0.29, 0.717) is 0 Å². The van der Waals surface area contributed by atoms with E-state index in [2.05, 4.69) is 5.32 Å². The third-order valence-electron chi connectivity index (χ3n) is 2.62. The van der Waals surface area contributed by atoms with Crippen molar-refractivity contribution in [3.05, 3.63) is 16.9 Å². The van der Waals surface area contributed by atoms with Gasteiger partial charge in [-0.15, -0.1) is 0 Å². The molecule has 1 aromatic heterocycles. The van der Waals surface area contributed by atoms with E-state index in [4.69, 9.17) is 13.9 Å². The summed E-state index contributed by atoms with van der Waals surface area (Å²) in [6.07, 6.45) is 0.205. The van der Waals surface area contributed by atoms with Crippen LogP contribution in [0.3, 0.4) is 0 Å². The molecule has 1 rings (SSSR count). The highest BCUT2D eigenvalue weighted by molar-refractivity contribution is 6.09. The number of rotatable bonds is 6. The molecule has 1 heterocycles. The lowest BCUT2D eigenvalue weighted by molar-refractivity contribution is -0.116. The summed E-state index contributed by atoms with van der Waals surface area (Å²) in [7, 11) is 0. The van der Waals surface area contributed by atoms with Crippen molar-refractivity contribution in [1.29, 1.82) is 0 Å². The first-order valence-corrected chi connectivity index (χ1v) is 6.73. The molecule has 7 nitrogen and oxygen atoms in total. The van der Waals surface area contributed by atoms with E-state index in [9.17, 15) is 14.4 Å². The van der Waals surface area contributed by atoms with E-state index < -0.39 is 11.9 Å². The predicted molar refractivity (Wildman–Crippen MR) is 74.3 cm³/mol. The molecule has 7 heteroatoms. The highest BCUT2D eigenvalue weighted by Crippen LogP contribution is 2.29.